The molecule has 0 aromatic carbocycles. The number of aryl methyl sites for hydroxylation is 1. The zero-order chi connectivity index (χ0) is 18.8. The van der Waals surface area contributed by atoms with Gasteiger partial charge in [-0.05, 0) is 36.2 Å². The number of halogens is 1. The number of methoxy groups -OCH3 is 1. The van der Waals surface area contributed by atoms with Crippen LogP contribution >= 0.6 is 0 Å². The van der Waals surface area contributed by atoms with Gasteiger partial charge in [-0.25, -0.2) is 9.97 Å². The Labute approximate surface area is 156 Å². The van der Waals surface area contributed by atoms with Crippen molar-refractivity contribution in [2.45, 2.75) is 19.8 Å². The van der Waals surface area contributed by atoms with Gasteiger partial charge < -0.3 is 9.72 Å². The summed E-state index contributed by atoms with van der Waals surface area (Å²) in [5, 5.41) is 1.01. The zero-order valence-electron chi connectivity index (χ0n) is 15.2. The third kappa shape index (κ3) is 3.51. The molecule has 0 saturated carbocycles. The summed E-state index contributed by atoms with van der Waals surface area (Å²) < 4.78 is 19.9. The van der Waals surface area contributed by atoms with E-state index in [0.717, 1.165) is 33.5 Å². The highest BCUT2D eigenvalue weighted by Crippen LogP contribution is 2.23. The van der Waals surface area contributed by atoms with E-state index >= 15 is 0 Å². The first-order valence-electron chi connectivity index (χ1n) is 8.68. The Morgan fingerprint density at radius 1 is 1.07 bits per heavy atom. The van der Waals surface area contributed by atoms with Gasteiger partial charge >= 0.3 is 0 Å². The number of fused-ring (bicyclic) bond motifs is 1. The highest BCUT2D eigenvalue weighted by molar-refractivity contribution is 5.80. The van der Waals surface area contributed by atoms with Crippen LogP contribution in [0.1, 0.15) is 27.9 Å². The normalized spacial score (nSPS) is 11.1. The standard InChI is InChI=1S/C21H19FN4O/c1-13-7-18-15(12-25-21(18)24-10-13)8-14-3-4-17(26-20(14)22)9-16-11-23-6-5-19(16)27-2/h3-7,10-12H,8-9H2,1-2H3,(H,24,25). The molecule has 0 aliphatic heterocycles. The number of nitrogens with one attached hydrogen (secondary N) is 1. The number of hydrogen-bond donors (Lipinski definition) is 1. The van der Waals surface area contributed by atoms with Crippen molar-refractivity contribution in [2.75, 3.05) is 7.11 Å². The fourth-order valence-electron chi connectivity index (χ4n) is 3.19. The van der Waals surface area contributed by atoms with E-state index in [2.05, 4.69) is 26.0 Å². The number of pyridine rings is 3. The second-order valence-electron chi connectivity index (χ2n) is 6.52. The number of rotatable bonds is 5. The SMILES string of the molecule is COc1ccncc1Cc1ccc(Cc2c[nH]c3ncc(C)cc23)c(F)n1. The Morgan fingerprint density at radius 3 is 2.78 bits per heavy atom. The second-order valence-corrected chi connectivity index (χ2v) is 6.52. The molecule has 4 aromatic rings. The summed E-state index contributed by atoms with van der Waals surface area (Å²) in [5.41, 5.74) is 4.95. The largest absolute Gasteiger partial charge is 0.496 e. The first-order valence-corrected chi connectivity index (χ1v) is 8.68. The van der Waals surface area contributed by atoms with Crippen LogP contribution in [0.4, 0.5) is 4.39 Å². The summed E-state index contributed by atoms with van der Waals surface area (Å²) in [6.07, 6.45) is 7.99. The first-order chi connectivity index (χ1) is 13.1. The predicted octanol–water partition coefficient (Wildman–Crippen LogP) is 3.99. The maximum Gasteiger partial charge on any atom is 0.216 e. The van der Waals surface area contributed by atoms with E-state index in [4.69, 9.17) is 4.74 Å². The Kier molecular flexibility index (Phi) is 4.54. The predicted molar refractivity (Wildman–Crippen MR) is 101 cm³/mol. The van der Waals surface area contributed by atoms with E-state index in [9.17, 15) is 4.39 Å². The molecule has 5 nitrogen and oxygen atoms in total. The molecule has 0 unspecified atom stereocenters. The van der Waals surface area contributed by atoms with Gasteiger partial charge in [0, 0.05) is 59.8 Å². The maximum absolute atomic E-state index is 14.6. The Hall–Kier alpha value is -3.28. The molecule has 0 amide bonds. The van der Waals surface area contributed by atoms with Crippen LogP contribution in [-0.4, -0.2) is 27.0 Å². The Morgan fingerprint density at radius 2 is 1.96 bits per heavy atom. The summed E-state index contributed by atoms with van der Waals surface area (Å²) in [6.45, 7) is 1.99. The van der Waals surface area contributed by atoms with Gasteiger partial charge in [0.15, 0.2) is 0 Å². The number of aromatic amines is 1. The minimum atomic E-state index is -0.453. The summed E-state index contributed by atoms with van der Waals surface area (Å²) in [5.74, 6) is 0.267. The molecule has 0 bridgehead atoms. The monoisotopic (exact) mass is 362 g/mol. The van der Waals surface area contributed by atoms with Crippen molar-refractivity contribution in [3.8, 4) is 5.75 Å². The van der Waals surface area contributed by atoms with E-state index in [-0.39, 0.29) is 0 Å². The molecule has 0 aliphatic carbocycles. The fourth-order valence-corrected chi connectivity index (χ4v) is 3.19. The lowest BCUT2D eigenvalue weighted by Gasteiger charge is -2.08. The minimum Gasteiger partial charge on any atom is -0.496 e. The number of H-pyrrole nitrogens is 1. The molecule has 27 heavy (non-hydrogen) atoms. The van der Waals surface area contributed by atoms with Crippen molar-refractivity contribution in [1.29, 1.82) is 0 Å². The van der Waals surface area contributed by atoms with Crippen LogP contribution in [0.15, 0.2) is 49.1 Å². The molecule has 0 fully saturated rings. The molecule has 0 aliphatic rings. The van der Waals surface area contributed by atoms with Crippen molar-refractivity contribution in [1.82, 2.24) is 19.9 Å². The summed E-state index contributed by atoms with van der Waals surface area (Å²) in [6, 6.07) is 7.49. The van der Waals surface area contributed by atoms with Crippen LogP contribution in [0, 0.1) is 12.9 Å². The van der Waals surface area contributed by atoms with Crippen molar-refractivity contribution < 1.29 is 9.13 Å². The van der Waals surface area contributed by atoms with Crippen LogP contribution in [-0.2, 0) is 12.8 Å². The Bertz CT molecular complexity index is 1110. The molecule has 4 rings (SSSR count). The van der Waals surface area contributed by atoms with Crippen LogP contribution in [0.2, 0.25) is 0 Å². The van der Waals surface area contributed by atoms with E-state index in [1.54, 1.807) is 31.6 Å². The lowest BCUT2D eigenvalue weighted by Crippen LogP contribution is -2.01. The topological polar surface area (TPSA) is 63.7 Å². The quantitative estimate of drug-likeness (QED) is 0.545. The molecular formula is C21H19FN4O. The minimum absolute atomic E-state index is 0.453. The van der Waals surface area contributed by atoms with Gasteiger partial charge in [0.1, 0.15) is 11.4 Å². The molecule has 4 aromatic heterocycles. The average molecular weight is 362 g/mol. The van der Waals surface area contributed by atoms with Gasteiger partial charge in [0.25, 0.3) is 0 Å². The highest BCUT2D eigenvalue weighted by atomic mass is 19.1. The van der Waals surface area contributed by atoms with Crippen LogP contribution in [0.5, 0.6) is 5.75 Å². The third-order valence-electron chi connectivity index (χ3n) is 4.57. The van der Waals surface area contributed by atoms with Crippen LogP contribution in [0.3, 0.4) is 0 Å². The molecule has 4 heterocycles. The van der Waals surface area contributed by atoms with Gasteiger partial charge in [-0.1, -0.05) is 6.07 Å². The first kappa shape index (κ1) is 17.1. The van der Waals surface area contributed by atoms with Gasteiger partial charge in [-0.3, -0.25) is 4.98 Å². The van der Waals surface area contributed by atoms with Crippen molar-refractivity contribution in [3.05, 3.63) is 82.9 Å². The molecule has 6 heteroatoms. The average Bonchev–Trinajstić information content (AvgIpc) is 3.06. The zero-order valence-corrected chi connectivity index (χ0v) is 15.2. The molecule has 0 saturated heterocycles. The van der Waals surface area contributed by atoms with Crippen molar-refractivity contribution >= 4 is 11.0 Å². The maximum atomic E-state index is 14.6. The number of aromatic nitrogens is 4. The highest BCUT2D eigenvalue weighted by Gasteiger charge is 2.12. The molecule has 0 spiro atoms. The molecule has 136 valence electrons. The summed E-state index contributed by atoms with van der Waals surface area (Å²) in [4.78, 5) is 15.7. The Balaban J connectivity index is 1.59. The number of nitrogens with zero attached hydrogens (tertiary/aromatic N) is 3. The van der Waals surface area contributed by atoms with Gasteiger partial charge in [-0.2, -0.15) is 4.39 Å². The number of ether oxygens (including phenoxy) is 1. The van der Waals surface area contributed by atoms with Crippen molar-refractivity contribution in [3.63, 3.8) is 0 Å². The summed E-state index contributed by atoms with van der Waals surface area (Å²) >= 11 is 0. The second kappa shape index (κ2) is 7.15. The lowest BCUT2D eigenvalue weighted by atomic mass is 10.0. The molecule has 1 N–H and O–H groups in total. The fraction of sp³-hybridized carbons (Fsp3) is 0.190. The van der Waals surface area contributed by atoms with Gasteiger partial charge in [-0.15, -0.1) is 0 Å². The van der Waals surface area contributed by atoms with Gasteiger partial charge in [0.2, 0.25) is 5.95 Å². The third-order valence-corrected chi connectivity index (χ3v) is 4.57. The van der Waals surface area contributed by atoms with Crippen LogP contribution in [0.25, 0.3) is 11.0 Å². The van der Waals surface area contributed by atoms with E-state index in [0.29, 0.717) is 24.1 Å². The van der Waals surface area contributed by atoms with E-state index < -0.39 is 5.95 Å². The molecular weight excluding hydrogens is 343 g/mol. The molecule has 0 radical (unpaired) electrons. The lowest BCUT2D eigenvalue weighted by molar-refractivity contribution is 0.409. The number of hydrogen-bond acceptors (Lipinski definition) is 4. The van der Waals surface area contributed by atoms with Gasteiger partial charge in [0.05, 0.1) is 7.11 Å². The summed E-state index contributed by atoms with van der Waals surface area (Å²) in [7, 11) is 1.60. The van der Waals surface area contributed by atoms with E-state index in [1.807, 2.05) is 25.4 Å². The molecule has 0 atom stereocenters. The van der Waals surface area contributed by atoms with E-state index in [1.165, 1.54) is 0 Å². The van der Waals surface area contributed by atoms with Crippen molar-refractivity contribution in [2.24, 2.45) is 0 Å². The smallest absolute Gasteiger partial charge is 0.216 e. The van der Waals surface area contributed by atoms with Crippen LogP contribution < -0.4 is 4.74 Å².